The number of anilines is 1. The number of aromatic nitrogens is 1. The minimum atomic E-state index is -0.389. The molecule has 1 aromatic heterocycles. The van der Waals surface area contributed by atoms with Crippen LogP contribution in [0.25, 0.3) is 0 Å². The summed E-state index contributed by atoms with van der Waals surface area (Å²) in [6, 6.07) is 1.27. The first-order chi connectivity index (χ1) is 8.24. The Morgan fingerprint density at radius 3 is 2.82 bits per heavy atom. The molecule has 0 aliphatic heterocycles. The van der Waals surface area contributed by atoms with Gasteiger partial charge in [-0.15, -0.1) is 0 Å². The van der Waals surface area contributed by atoms with Crippen molar-refractivity contribution in [2.45, 2.75) is 25.7 Å². The molecule has 0 fully saturated rings. The predicted octanol–water partition coefficient (Wildman–Crippen LogP) is 4.21. The van der Waals surface area contributed by atoms with Crippen LogP contribution < -0.4 is 5.32 Å². The molecule has 0 atom stereocenters. The average molecular weight is 277 g/mol. The molecule has 5 heteroatoms. The molecule has 0 radical (unpaired) electrons. The van der Waals surface area contributed by atoms with Crippen LogP contribution in [-0.4, -0.2) is 23.5 Å². The maximum atomic E-state index is 13.3. The highest BCUT2D eigenvalue weighted by molar-refractivity contribution is 7.98. The fourth-order valence-electron chi connectivity index (χ4n) is 1.48. The van der Waals surface area contributed by atoms with E-state index in [-0.39, 0.29) is 5.82 Å². The zero-order valence-electron chi connectivity index (χ0n) is 10.0. The molecule has 0 aromatic carbocycles. The summed E-state index contributed by atoms with van der Waals surface area (Å²) in [5, 5.41) is 3.31. The lowest BCUT2D eigenvalue weighted by Gasteiger charge is -2.06. The molecule has 0 saturated carbocycles. The molecular formula is C12H18ClFN2S. The average Bonchev–Trinajstić information content (AvgIpc) is 2.30. The molecular weight excluding hydrogens is 259 g/mol. The topological polar surface area (TPSA) is 24.9 Å². The molecule has 0 saturated heterocycles. The second-order valence-corrected chi connectivity index (χ2v) is 5.24. The number of rotatable bonds is 8. The van der Waals surface area contributed by atoms with Crippen molar-refractivity contribution in [2.24, 2.45) is 0 Å². The van der Waals surface area contributed by atoms with E-state index in [1.165, 1.54) is 37.3 Å². The van der Waals surface area contributed by atoms with Crippen molar-refractivity contribution in [3.8, 4) is 0 Å². The number of hydrogen-bond donors (Lipinski definition) is 1. The van der Waals surface area contributed by atoms with E-state index >= 15 is 0 Å². The van der Waals surface area contributed by atoms with Gasteiger partial charge in [0.05, 0.1) is 5.02 Å². The van der Waals surface area contributed by atoms with Gasteiger partial charge in [0.15, 0.2) is 11.6 Å². The maximum Gasteiger partial charge on any atom is 0.166 e. The van der Waals surface area contributed by atoms with Crippen molar-refractivity contribution in [1.82, 2.24) is 4.98 Å². The van der Waals surface area contributed by atoms with Crippen molar-refractivity contribution in [2.75, 3.05) is 23.9 Å². The Balaban J connectivity index is 2.14. The molecule has 1 N–H and O–H groups in total. The molecule has 0 unspecified atom stereocenters. The normalized spacial score (nSPS) is 10.5. The number of halogens is 2. The first-order valence-electron chi connectivity index (χ1n) is 5.78. The van der Waals surface area contributed by atoms with Crippen LogP contribution in [0.4, 0.5) is 10.2 Å². The van der Waals surface area contributed by atoms with Gasteiger partial charge in [0, 0.05) is 12.7 Å². The van der Waals surface area contributed by atoms with Crippen molar-refractivity contribution in [1.29, 1.82) is 0 Å². The Morgan fingerprint density at radius 2 is 2.12 bits per heavy atom. The third-order valence-corrected chi connectivity index (χ3v) is 3.28. The van der Waals surface area contributed by atoms with Gasteiger partial charge in [0.2, 0.25) is 0 Å². The summed E-state index contributed by atoms with van der Waals surface area (Å²) in [4.78, 5) is 3.90. The van der Waals surface area contributed by atoms with Crippen molar-refractivity contribution in [3.05, 3.63) is 23.1 Å². The summed E-state index contributed by atoms with van der Waals surface area (Å²) in [6.45, 7) is 0.755. The SMILES string of the molecule is CSCCCCCCNc1ncc(Cl)cc1F. The van der Waals surface area contributed by atoms with Crippen LogP contribution in [0.1, 0.15) is 25.7 Å². The Kier molecular flexibility index (Phi) is 7.37. The Hall–Kier alpha value is -0.480. The van der Waals surface area contributed by atoms with E-state index in [1.54, 1.807) is 0 Å². The van der Waals surface area contributed by atoms with Crippen molar-refractivity contribution < 1.29 is 4.39 Å². The number of thioether (sulfide) groups is 1. The van der Waals surface area contributed by atoms with Crippen LogP contribution >= 0.6 is 23.4 Å². The largest absolute Gasteiger partial charge is 0.368 e. The van der Waals surface area contributed by atoms with E-state index in [0.29, 0.717) is 10.8 Å². The highest BCUT2D eigenvalue weighted by Gasteiger charge is 2.03. The zero-order chi connectivity index (χ0) is 12.5. The Morgan fingerprint density at radius 1 is 1.35 bits per heavy atom. The van der Waals surface area contributed by atoms with E-state index in [1.807, 2.05) is 11.8 Å². The monoisotopic (exact) mass is 276 g/mol. The fourth-order valence-corrected chi connectivity index (χ4v) is 2.11. The van der Waals surface area contributed by atoms with E-state index in [4.69, 9.17) is 11.6 Å². The third kappa shape index (κ3) is 6.13. The molecule has 1 heterocycles. The van der Waals surface area contributed by atoms with E-state index in [2.05, 4.69) is 16.6 Å². The number of unbranched alkanes of at least 4 members (excludes halogenated alkanes) is 3. The molecule has 96 valence electrons. The summed E-state index contributed by atoms with van der Waals surface area (Å²) in [7, 11) is 0. The molecule has 17 heavy (non-hydrogen) atoms. The number of nitrogens with zero attached hydrogens (tertiary/aromatic N) is 1. The second-order valence-electron chi connectivity index (χ2n) is 3.82. The van der Waals surface area contributed by atoms with Gasteiger partial charge in [-0.1, -0.05) is 24.4 Å². The standard InChI is InChI=1S/C12H18ClFN2S/c1-17-7-5-3-2-4-6-15-12-11(14)8-10(13)9-16-12/h8-9H,2-7H2,1H3,(H,15,16). The first-order valence-corrected chi connectivity index (χ1v) is 7.55. The third-order valence-electron chi connectivity index (χ3n) is 2.38. The summed E-state index contributed by atoms with van der Waals surface area (Å²) in [5.41, 5.74) is 0. The summed E-state index contributed by atoms with van der Waals surface area (Å²) < 4.78 is 13.3. The van der Waals surface area contributed by atoms with Crippen molar-refractivity contribution in [3.63, 3.8) is 0 Å². The lowest BCUT2D eigenvalue weighted by atomic mass is 10.2. The minimum absolute atomic E-state index is 0.290. The number of nitrogens with one attached hydrogen (secondary N) is 1. The van der Waals surface area contributed by atoms with Crippen LogP contribution in [0, 0.1) is 5.82 Å². The summed E-state index contributed by atoms with van der Waals surface area (Å²) in [5.74, 6) is 1.12. The van der Waals surface area contributed by atoms with Gasteiger partial charge in [-0.25, -0.2) is 9.37 Å². The number of hydrogen-bond acceptors (Lipinski definition) is 3. The van der Waals surface area contributed by atoms with Crippen LogP contribution in [0.3, 0.4) is 0 Å². The van der Waals surface area contributed by atoms with Gasteiger partial charge in [0.1, 0.15) is 0 Å². The minimum Gasteiger partial charge on any atom is -0.368 e. The molecule has 1 rings (SSSR count). The molecule has 0 spiro atoms. The van der Waals surface area contributed by atoms with Gasteiger partial charge < -0.3 is 5.32 Å². The van der Waals surface area contributed by atoms with Gasteiger partial charge in [-0.3, -0.25) is 0 Å². The lowest BCUT2D eigenvalue weighted by molar-refractivity contribution is 0.621. The highest BCUT2D eigenvalue weighted by Crippen LogP contribution is 2.15. The second kappa shape index (κ2) is 8.59. The molecule has 0 aliphatic rings. The van der Waals surface area contributed by atoms with E-state index in [0.717, 1.165) is 13.0 Å². The highest BCUT2D eigenvalue weighted by atomic mass is 35.5. The quantitative estimate of drug-likeness (QED) is 0.720. The van der Waals surface area contributed by atoms with Crippen LogP contribution in [0.2, 0.25) is 5.02 Å². The molecule has 0 aliphatic carbocycles. The smallest absolute Gasteiger partial charge is 0.166 e. The molecule has 0 amide bonds. The number of pyridine rings is 1. The van der Waals surface area contributed by atoms with Gasteiger partial charge in [0.25, 0.3) is 0 Å². The Labute approximate surface area is 111 Å². The Bertz CT molecular complexity index is 336. The summed E-state index contributed by atoms with van der Waals surface area (Å²) >= 11 is 7.49. The maximum absolute atomic E-state index is 13.3. The van der Waals surface area contributed by atoms with Crippen molar-refractivity contribution >= 4 is 29.2 Å². The van der Waals surface area contributed by atoms with Gasteiger partial charge in [-0.05, 0) is 30.9 Å². The van der Waals surface area contributed by atoms with Gasteiger partial charge in [-0.2, -0.15) is 11.8 Å². The lowest BCUT2D eigenvalue weighted by Crippen LogP contribution is -2.05. The van der Waals surface area contributed by atoms with Gasteiger partial charge >= 0.3 is 0 Å². The van der Waals surface area contributed by atoms with Crippen LogP contribution in [0.15, 0.2) is 12.3 Å². The van der Waals surface area contributed by atoms with E-state index < -0.39 is 0 Å². The van der Waals surface area contributed by atoms with E-state index in [9.17, 15) is 4.39 Å². The molecule has 2 nitrogen and oxygen atoms in total. The van der Waals surface area contributed by atoms with Crippen LogP contribution in [-0.2, 0) is 0 Å². The molecule has 1 aromatic rings. The predicted molar refractivity (Wildman–Crippen MR) is 74.5 cm³/mol. The fraction of sp³-hybridized carbons (Fsp3) is 0.583. The van der Waals surface area contributed by atoms with Crippen LogP contribution in [0.5, 0.6) is 0 Å². The molecule has 0 bridgehead atoms. The zero-order valence-corrected chi connectivity index (χ0v) is 11.6. The summed E-state index contributed by atoms with van der Waals surface area (Å²) in [6.07, 6.45) is 8.27. The first kappa shape index (κ1) is 14.6.